The van der Waals surface area contributed by atoms with Gasteiger partial charge < -0.3 is 20.1 Å². The normalized spacial score (nSPS) is 16.0. The molecule has 1 atom stereocenters. The van der Waals surface area contributed by atoms with Gasteiger partial charge in [0.2, 0.25) is 11.8 Å². The molecular formula is C26H30N4O3. The molecule has 1 aliphatic rings. The largest absolute Gasteiger partial charge is 0.361 e. The molecule has 1 aliphatic heterocycles. The van der Waals surface area contributed by atoms with Gasteiger partial charge in [-0.3, -0.25) is 14.4 Å². The third-order valence-corrected chi connectivity index (χ3v) is 6.13. The first kappa shape index (κ1) is 22.6. The minimum atomic E-state index is -0.658. The number of aromatic nitrogens is 1. The predicted octanol–water partition coefficient (Wildman–Crippen LogP) is 3.36. The molecule has 0 spiro atoms. The molecule has 3 amide bonds. The number of hydrogen-bond donors (Lipinski definition) is 2. The Morgan fingerprint density at radius 3 is 2.61 bits per heavy atom. The van der Waals surface area contributed by atoms with Crippen molar-refractivity contribution in [3.8, 4) is 0 Å². The van der Waals surface area contributed by atoms with Crippen LogP contribution in [0.5, 0.6) is 0 Å². The van der Waals surface area contributed by atoms with Crippen molar-refractivity contribution in [3.05, 3.63) is 65.9 Å². The van der Waals surface area contributed by atoms with E-state index in [9.17, 15) is 14.4 Å². The number of benzene rings is 2. The van der Waals surface area contributed by atoms with Crippen LogP contribution in [0.2, 0.25) is 0 Å². The number of rotatable bonds is 7. The average Bonchev–Trinajstić information content (AvgIpc) is 3.19. The Hall–Kier alpha value is -3.61. The number of anilines is 1. The second kappa shape index (κ2) is 9.48. The van der Waals surface area contributed by atoms with Gasteiger partial charge in [-0.05, 0) is 42.5 Å². The number of carbonyl (C=O) groups is 3. The van der Waals surface area contributed by atoms with Crippen molar-refractivity contribution in [1.29, 1.82) is 0 Å². The number of aromatic amines is 1. The van der Waals surface area contributed by atoms with Gasteiger partial charge in [0.1, 0.15) is 12.6 Å². The Labute approximate surface area is 193 Å². The Bertz CT molecular complexity index is 1180. The highest BCUT2D eigenvalue weighted by atomic mass is 16.2. The van der Waals surface area contributed by atoms with E-state index in [4.69, 9.17) is 0 Å². The molecule has 33 heavy (non-hydrogen) atoms. The van der Waals surface area contributed by atoms with Crippen LogP contribution in [0.4, 0.5) is 5.69 Å². The highest BCUT2D eigenvalue weighted by molar-refractivity contribution is 6.12. The molecule has 0 fully saturated rings. The van der Waals surface area contributed by atoms with Crippen molar-refractivity contribution in [3.63, 3.8) is 0 Å². The number of fused-ring (bicyclic) bond motifs is 2. The summed E-state index contributed by atoms with van der Waals surface area (Å²) in [5, 5.41) is 4.00. The molecule has 2 heterocycles. The van der Waals surface area contributed by atoms with Gasteiger partial charge in [-0.25, -0.2) is 0 Å². The molecule has 2 aromatic carbocycles. The summed E-state index contributed by atoms with van der Waals surface area (Å²) in [6.07, 6.45) is 3.19. The van der Waals surface area contributed by atoms with E-state index in [1.54, 1.807) is 36.2 Å². The monoisotopic (exact) mass is 446 g/mol. The molecule has 0 bridgehead atoms. The summed E-state index contributed by atoms with van der Waals surface area (Å²) in [7, 11) is 1.75. The summed E-state index contributed by atoms with van der Waals surface area (Å²) in [6.45, 7) is 4.43. The first-order valence-electron chi connectivity index (χ1n) is 11.4. The zero-order chi connectivity index (χ0) is 23.5. The van der Waals surface area contributed by atoms with Crippen LogP contribution in [-0.4, -0.2) is 53.8 Å². The quantitative estimate of drug-likeness (QED) is 0.584. The molecule has 0 radical (unpaired) electrons. The van der Waals surface area contributed by atoms with Crippen molar-refractivity contribution in [2.75, 3.05) is 25.0 Å². The molecule has 7 heteroatoms. The zero-order valence-electron chi connectivity index (χ0n) is 19.3. The first-order chi connectivity index (χ1) is 15.8. The number of para-hydroxylation sites is 2. The minimum Gasteiger partial charge on any atom is -0.361 e. The average molecular weight is 447 g/mol. The van der Waals surface area contributed by atoms with E-state index >= 15 is 0 Å². The van der Waals surface area contributed by atoms with Gasteiger partial charge in [0.25, 0.3) is 5.91 Å². The third-order valence-electron chi connectivity index (χ3n) is 6.13. The van der Waals surface area contributed by atoms with Gasteiger partial charge in [0, 0.05) is 30.7 Å². The highest BCUT2D eigenvalue weighted by Gasteiger charge is 2.35. The summed E-state index contributed by atoms with van der Waals surface area (Å²) in [5.74, 6) is -0.486. The number of hydrogen-bond acceptors (Lipinski definition) is 3. The van der Waals surface area contributed by atoms with E-state index in [1.807, 2.05) is 38.2 Å². The van der Waals surface area contributed by atoms with Crippen molar-refractivity contribution in [2.45, 2.75) is 32.7 Å². The molecular weight excluding hydrogens is 416 g/mol. The molecule has 4 rings (SSSR count). The molecule has 1 aromatic heterocycles. The van der Waals surface area contributed by atoms with Crippen LogP contribution < -0.4 is 10.2 Å². The topological polar surface area (TPSA) is 85.5 Å². The number of H-pyrrole nitrogens is 1. The summed E-state index contributed by atoms with van der Waals surface area (Å²) in [5.41, 5.74) is 3.10. The van der Waals surface area contributed by atoms with Crippen molar-refractivity contribution < 1.29 is 14.4 Å². The van der Waals surface area contributed by atoms with Crippen molar-refractivity contribution in [1.82, 2.24) is 15.2 Å². The maximum absolute atomic E-state index is 13.4. The van der Waals surface area contributed by atoms with E-state index < -0.39 is 6.04 Å². The smallest absolute Gasteiger partial charge is 0.254 e. The lowest BCUT2D eigenvalue weighted by atomic mass is 10.0. The van der Waals surface area contributed by atoms with Crippen LogP contribution in [0.15, 0.2) is 54.7 Å². The standard InChI is InChI=1S/C26H30N4O3/c1-17(2)14-22-26(33)30(23-11-7-5-9-20(23)25(32)28-22)16-24(31)29(3)13-12-18-15-27-21-10-6-4-8-19(18)21/h4-11,15,17,22,27H,12-14,16H2,1-3H3,(H,28,32). The number of amides is 3. The Balaban J connectivity index is 1.51. The fourth-order valence-electron chi connectivity index (χ4n) is 4.31. The SMILES string of the molecule is CC(C)CC1NC(=O)c2ccccc2N(CC(=O)N(C)CCc2c[nH]c3ccccc23)C1=O. The lowest BCUT2D eigenvalue weighted by molar-refractivity contribution is -0.130. The van der Waals surface area contributed by atoms with Gasteiger partial charge in [-0.15, -0.1) is 0 Å². The maximum atomic E-state index is 13.4. The van der Waals surface area contributed by atoms with Crippen LogP contribution in [0.3, 0.4) is 0 Å². The Morgan fingerprint density at radius 2 is 1.82 bits per heavy atom. The summed E-state index contributed by atoms with van der Waals surface area (Å²) in [4.78, 5) is 45.6. The first-order valence-corrected chi connectivity index (χ1v) is 11.4. The maximum Gasteiger partial charge on any atom is 0.254 e. The predicted molar refractivity (Wildman–Crippen MR) is 129 cm³/mol. The fourth-order valence-corrected chi connectivity index (χ4v) is 4.31. The van der Waals surface area contributed by atoms with E-state index in [0.717, 1.165) is 16.5 Å². The van der Waals surface area contributed by atoms with E-state index in [-0.39, 0.29) is 30.2 Å². The van der Waals surface area contributed by atoms with Gasteiger partial charge >= 0.3 is 0 Å². The summed E-state index contributed by atoms with van der Waals surface area (Å²) >= 11 is 0. The molecule has 1 unspecified atom stereocenters. The van der Waals surface area contributed by atoms with E-state index in [0.29, 0.717) is 30.6 Å². The highest BCUT2D eigenvalue weighted by Crippen LogP contribution is 2.26. The Kier molecular flexibility index (Phi) is 6.49. The zero-order valence-corrected chi connectivity index (χ0v) is 19.3. The number of nitrogens with one attached hydrogen (secondary N) is 2. The van der Waals surface area contributed by atoms with Gasteiger partial charge in [0.15, 0.2) is 0 Å². The lowest BCUT2D eigenvalue weighted by Crippen LogP contribution is -2.49. The van der Waals surface area contributed by atoms with E-state index in [2.05, 4.69) is 16.4 Å². The summed E-state index contributed by atoms with van der Waals surface area (Å²) in [6, 6.07) is 14.4. The number of carbonyl (C=O) groups excluding carboxylic acids is 3. The van der Waals surface area contributed by atoms with Crippen LogP contribution in [0.1, 0.15) is 36.2 Å². The molecule has 3 aromatic rings. The molecule has 0 aliphatic carbocycles. The molecule has 172 valence electrons. The third kappa shape index (κ3) is 4.77. The number of likely N-dealkylation sites (N-methyl/N-ethyl adjacent to an activating group) is 1. The number of nitrogens with zero attached hydrogens (tertiary/aromatic N) is 2. The molecule has 2 N–H and O–H groups in total. The Morgan fingerprint density at radius 1 is 1.09 bits per heavy atom. The van der Waals surface area contributed by atoms with Crippen LogP contribution in [-0.2, 0) is 16.0 Å². The van der Waals surface area contributed by atoms with Crippen molar-refractivity contribution in [2.24, 2.45) is 5.92 Å². The van der Waals surface area contributed by atoms with Crippen LogP contribution in [0, 0.1) is 5.92 Å². The molecule has 0 saturated carbocycles. The van der Waals surface area contributed by atoms with Gasteiger partial charge in [0.05, 0.1) is 11.3 Å². The lowest BCUT2D eigenvalue weighted by Gasteiger charge is -2.27. The molecule has 7 nitrogen and oxygen atoms in total. The minimum absolute atomic E-state index is 0.107. The van der Waals surface area contributed by atoms with Gasteiger partial charge in [-0.2, -0.15) is 0 Å². The van der Waals surface area contributed by atoms with E-state index in [1.165, 1.54) is 4.90 Å². The van der Waals surface area contributed by atoms with Crippen LogP contribution in [0.25, 0.3) is 10.9 Å². The molecule has 0 saturated heterocycles. The second-order valence-corrected chi connectivity index (χ2v) is 9.02. The summed E-state index contributed by atoms with van der Waals surface area (Å²) < 4.78 is 0. The fraction of sp³-hybridized carbons (Fsp3) is 0.346. The van der Waals surface area contributed by atoms with Gasteiger partial charge in [-0.1, -0.05) is 44.2 Å². The van der Waals surface area contributed by atoms with Crippen LogP contribution >= 0.6 is 0 Å². The van der Waals surface area contributed by atoms with Crippen molar-refractivity contribution >= 4 is 34.3 Å². The second-order valence-electron chi connectivity index (χ2n) is 9.02.